The van der Waals surface area contributed by atoms with Gasteiger partial charge in [0.2, 0.25) is 5.91 Å². The Morgan fingerprint density at radius 2 is 2.00 bits per heavy atom. The molecule has 0 N–H and O–H groups in total. The van der Waals surface area contributed by atoms with E-state index in [0.29, 0.717) is 6.42 Å². The molecule has 0 aliphatic carbocycles. The average molecular weight is 299 g/mol. The van der Waals surface area contributed by atoms with Crippen molar-refractivity contribution in [2.75, 3.05) is 13.1 Å². The molecular weight excluding hydrogens is 274 g/mol. The van der Waals surface area contributed by atoms with Crippen LogP contribution in [-0.2, 0) is 11.3 Å². The molecule has 0 unspecified atom stereocenters. The minimum Gasteiger partial charge on any atom is -0.342 e. The number of nitrogens with zero attached hydrogens (tertiary/aromatic N) is 3. The highest BCUT2D eigenvalue weighted by atomic mass is 16.2. The summed E-state index contributed by atoms with van der Waals surface area (Å²) in [4.78, 5) is 19.1. The zero-order chi connectivity index (χ0) is 15.5. The summed E-state index contributed by atoms with van der Waals surface area (Å²) in [5, 5.41) is 0. The van der Waals surface area contributed by atoms with Crippen molar-refractivity contribution < 1.29 is 4.79 Å². The third-order valence-electron chi connectivity index (χ3n) is 4.49. The van der Waals surface area contributed by atoms with E-state index < -0.39 is 0 Å². The van der Waals surface area contributed by atoms with Gasteiger partial charge >= 0.3 is 0 Å². The number of amides is 1. The van der Waals surface area contributed by atoms with Gasteiger partial charge in [0.25, 0.3) is 0 Å². The summed E-state index contributed by atoms with van der Waals surface area (Å²) >= 11 is 0. The number of benzene rings is 1. The third-order valence-corrected chi connectivity index (χ3v) is 4.49. The molecule has 1 fully saturated rings. The van der Waals surface area contributed by atoms with Gasteiger partial charge in [-0.05, 0) is 25.0 Å². The second-order valence-corrected chi connectivity index (χ2v) is 6.20. The molecule has 1 atom stereocenters. The Morgan fingerprint density at radius 3 is 2.77 bits per heavy atom. The molecule has 1 aliphatic heterocycles. The van der Waals surface area contributed by atoms with Gasteiger partial charge in [-0.3, -0.25) is 4.79 Å². The van der Waals surface area contributed by atoms with Crippen molar-refractivity contribution >= 4 is 16.9 Å². The molecule has 2 heterocycles. The zero-order valence-electron chi connectivity index (χ0n) is 13.6. The van der Waals surface area contributed by atoms with Crippen molar-refractivity contribution in [3.63, 3.8) is 0 Å². The molecule has 1 amide bonds. The molecule has 2 aromatic rings. The maximum atomic E-state index is 12.2. The summed E-state index contributed by atoms with van der Waals surface area (Å²) in [5.41, 5.74) is 2.24. The van der Waals surface area contributed by atoms with Gasteiger partial charge in [0.1, 0.15) is 5.82 Å². The van der Waals surface area contributed by atoms with Gasteiger partial charge in [0.15, 0.2) is 0 Å². The van der Waals surface area contributed by atoms with E-state index in [0.717, 1.165) is 50.2 Å². The number of rotatable bonds is 6. The first kappa shape index (κ1) is 15.1. The molecule has 1 saturated heterocycles. The van der Waals surface area contributed by atoms with Crippen molar-refractivity contribution in [3.05, 3.63) is 30.1 Å². The normalized spacial score (nSPS) is 18.5. The molecule has 0 spiro atoms. The molecule has 0 bridgehead atoms. The summed E-state index contributed by atoms with van der Waals surface area (Å²) in [5.74, 6) is 1.62. The minimum atomic E-state index is 0.239. The Kier molecular flexibility index (Phi) is 4.46. The Balaban J connectivity index is 1.90. The lowest BCUT2D eigenvalue weighted by Gasteiger charge is -2.16. The predicted octanol–water partition coefficient (Wildman–Crippen LogP) is 3.56. The summed E-state index contributed by atoms with van der Waals surface area (Å²) in [6, 6.07) is 8.29. The Morgan fingerprint density at radius 1 is 1.18 bits per heavy atom. The number of aryl methyl sites for hydroxylation is 1. The summed E-state index contributed by atoms with van der Waals surface area (Å²) in [6.07, 6.45) is 3.90. The lowest BCUT2D eigenvalue weighted by atomic mass is 10.1. The van der Waals surface area contributed by atoms with Gasteiger partial charge < -0.3 is 9.47 Å². The lowest BCUT2D eigenvalue weighted by Crippen LogP contribution is -2.26. The van der Waals surface area contributed by atoms with Gasteiger partial charge in [-0.2, -0.15) is 0 Å². The Labute approximate surface area is 132 Å². The molecule has 0 saturated carbocycles. The largest absolute Gasteiger partial charge is 0.342 e. The molecule has 3 rings (SSSR count). The first-order valence-electron chi connectivity index (χ1n) is 8.47. The smallest absolute Gasteiger partial charge is 0.223 e. The second kappa shape index (κ2) is 6.51. The minimum absolute atomic E-state index is 0.239. The van der Waals surface area contributed by atoms with E-state index in [1.54, 1.807) is 0 Å². The molecule has 0 radical (unpaired) electrons. The van der Waals surface area contributed by atoms with Crippen molar-refractivity contribution in [3.8, 4) is 0 Å². The number of aromatic nitrogens is 2. The van der Waals surface area contributed by atoms with E-state index in [9.17, 15) is 4.79 Å². The molecule has 1 aliphatic rings. The Bertz CT molecular complexity index is 661. The molecule has 1 aromatic heterocycles. The van der Waals surface area contributed by atoms with Crippen LogP contribution in [0.5, 0.6) is 0 Å². The maximum Gasteiger partial charge on any atom is 0.223 e. The van der Waals surface area contributed by atoms with Crippen LogP contribution in [0.1, 0.15) is 51.3 Å². The number of fused-ring (bicyclic) bond motifs is 1. The van der Waals surface area contributed by atoms with Crippen LogP contribution in [0.2, 0.25) is 0 Å². The van der Waals surface area contributed by atoms with Crippen molar-refractivity contribution in [2.45, 2.75) is 52.0 Å². The van der Waals surface area contributed by atoms with Crippen LogP contribution in [0, 0.1) is 0 Å². The van der Waals surface area contributed by atoms with Crippen LogP contribution in [0.4, 0.5) is 0 Å². The van der Waals surface area contributed by atoms with E-state index in [1.807, 2.05) is 11.0 Å². The number of imidazole rings is 1. The zero-order valence-corrected chi connectivity index (χ0v) is 13.6. The number of carbonyl (C=O) groups is 1. The molecular formula is C18H25N3O. The first-order valence-corrected chi connectivity index (χ1v) is 8.47. The Hall–Kier alpha value is -1.84. The van der Waals surface area contributed by atoms with Gasteiger partial charge in [-0.15, -0.1) is 0 Å². The van der Waals surface area contributed by atoms with Crippen LogP contribution < -0.4 is 0 Å². The fourth-order valence-electron chi connectivity index (χ4n) is 3.37. The molecule has 4 nitrogen and oxygen atoms in total. The van der Waals surface area contributed by atoms with Gasteiger partial charge in [0, 0.05) is 32.0 Å². The number of hydrogen-bond donors (Lipinski definition) is 0. The van der Waals surface area contributed by atoms with Gasteiger partial charge in [-0.1, -0.05) is 32.4 Å². The van der Waals surface area contributed by atoms with E-state index >= 15 is 0 Å². The van der Waals surface area contributed by atoms with E-state index in [2.05, 4.69) is 36.6 Å². The first-order chi connectivity index (χ1) is 10.7. The van der Waals surface area contributed by atoms with Crippen LogP contribution >= 0.6 is 0 Å². The monoisotopic (exact) mass is 299 g/mol. The third kappa shape index (κ3) is 2.74. The number of para-hydroxylation sites is 2. The molecule has 1 aromatic carbocycles. The van der Waals surface area contributed by atoms with Gasteiger partial charge in [0.05, 0.1) is 11.0 Å². The van der Waals surface area contributed by atoms with Gasteiger partial charge in [-0.25, -0.2) is 4.98 Å². The van der Waals surface area contributed by atoms with Crippen LogP contribution in [-0.4, -0.2) is 33.4 Å². The van der Waals surface area contributed by atoms with Crippen molar-refractivity contribution in [1.82, 2.24) is 14.5 Å². The van der Waals surface area contributed by atoms with Crippen molar-refractivity contribution in [2.24, 2.45) is 0 Å². The average Bonchev–Trinajstić information content (AvgIpc) is 3.07. The van der Waals surface area contributed by atoms with Crippen LogP contribution in [0.25, 0.3) is 11.0 Å². The highest BCUT2D eigenvalue weighted by Gasteiger charge is 2.33. The number of likely N-dealkylation sites (tertiary alicyclic amines) is 1. The number of unbranched alkanes of at least 4 members (excludes halogenated alkanes) is 1. The number of hydrogen-bond acceptors (Lipinski definition) is 2. The molecule has 4 heteroatoms. The highest BCUT2D eigenvalue weighted by molar-refractivity contribution is 5.80. The standard InChI is InChI=1S/C18H25N3O/c1-3-5-11-20-13-14(12-17(20)22)18-19-15-8-6-7-9-16(15)21(18)10-4-2/h6-9,14H,3-5,10-13H2,1-2H3/t14-/m0/s1. The highest BCUT2D eigenvalue weighted by Crippen LogP contribution is 2.30. The quantitative estimate of drug-likeness (QED) is 0.818. The summed E-state index contributed by atoms with van der Waals surface area (Å²) in [6.45, 7) is 7.03. The van der Waals surface area contributed by atoms with Crippen LogP contribution in [0.3, 0.4) is 0 Å². The van der Waals surface area contributed by atoms with Crippen molar-refractivity contribution in [1.29, 1.82) is 0 Å². The predicted molar refractivity (Wildman–Crippen MR) is 88.9 cm³/mol. The summed E-state index contributed by atoms with van der Waals surface area (Å²) in [7, 11) is 0. The van der Waals surface area contributed by atoms with E-state index in [1.165, 1.54) is 5.52 Å². The topological polar surface area (TPSA) is 38.1 Å². The molecule has 118 valence electrons. The van der Waals surface area contributed by atoms with E-state index in [-0.39, 0.29) is 11.8 Å². The second-order valence-electron chi connectivity index (χ2n) is 6.20. The fourth-order valence-corrected chi connectivity index (χ4v) is 3.37. The maximum absolute atomic E-state index is 12.2. The fraction of sp³-hybridized carbons (Fsp3) is 0.556. The number of carbonyl (C=O) groups excluding carboxylic acids is 1. The molecule has 22 heavy (non-hydrogen) atoms. The van der Waals surface area contributed by atoms with E-state index in [4.69, 9.17) is 4.98 Å². The summed E-state index contributed by atoms with van der Waals surface area (Å²) < 4.78 is 2.32. The van der Waals surface area contributed by atoms with Crippen LogP contribution in [0.15, 0.2) is 24.3 Å². The lowest BCUT2D eigenvalue weighted by molar-refractivity contribution is -0.127. The SMILES string of the molecule is CCCCN1C[C@@H](c2nc3ccccc3n2CCC)CC1=O.